The van der Waals surface area contributed by atoms with Crippen LogP contribution in [0, 0.1) is 5.41 Å². The lowest BCUT2D eigenvalue weighted by molar-refractivity contribution is -0.144. The van der Waals surface area contributed by atoms with Crippen LogP contribution < -0.4 is 5.32 Å². The van der Waals surface area contributed by atoms with Crippen LogP contribution in [-0.2, 0) is 16.6 Å². The van der Waals surface area contributed by atoms with Gasteiger partial charge in [0.05, 0.1) is 23.3 Å². The maximum atomic E-state index is 13.6. The molecule has 2 amide bonds. The smallest absolute Gasteiger partial charge is 0.248 e. The number of aliphatic hydroxyl groups is 1. The summed E-state index contributed by atoms with van der Waals surface area (Å²) in [6, 6.07) is 6.37. The van der Waals surface area contributed by atoms with Gasteiger partial charge in [0.15, 0.2) is 5.82 Å². The average Bonchev–Trinajstić information content (AvgIpc) is 3.44. The zero-order valence-corrected chi connectivity index (χ0v) is 19.0. The zero-order valence-electron chi connectivity index (χ0n) is 19.0. The summed E-state index contributed by atoms with van der Waals surface area (Å²) >= 11 is 0. The van der Waals surface area contributed by atoms with E-state index in [0.29, 0.717) is 11.5 Å². The molecule has 0 radical (unpaired) electrons. The topological polar surface area (TPSA) is 118 Å². The molecule has 4 rings (SSSR count). The lowest BCUT2D eigenvalue weighted by atomic mass is 9.85. The molecule has 32 heavy (non-hydrogen) atoms. The van der Waals surface area contributed by atoms with Crippen molar-refractivity contribution >= 4 is 22.8 Å². The summed E-state index contributed by atoms with van der Waals surface area (Å²) in [5.41, 5.74) is 1.85. The highest BCUT2D eigenvalue weighted by Crippen LogP contribution is 2.35. The van der Waals surface area contributed by atoms with Crippen molar-refractivity contribution in [2.24, 2.45) is 12.5 Å². The van der Waals surface area contributed by atoms with Crippen molar-refractivity contribution in [3.8, 4) is 11.5 Å². The molecule has 2 N–H and O–H groups in total. The van der Waals surface area contributed by atoms with E-state index in [1.807, 2.05) is 56.7 Å². The summed E-state index contributed by atoms with van der Waals surface area (Å²) in [4.78, 5) is 32.1. The van der Waals surface area contributed by atoms with Gasteiger partial charge in [-0.3, -0.25) is 9.59 Å². The van der Waals surface area contributed by atoms with Crippen molar-refractivity contribution in [1.82, 2.24) is 34.8 Å². The van der Waals surface area contributed by atoms with Crippen molar-refractivity contribution in [2.75, 3.05) is 13.6 Å². The first-order valence-electron chi connectivity index (χ1n) is 10.7. The van der Waals surface area contributed by atoms with Crippen molar-refractivity contribution < 1.29 is 14.7 Å². The minimum Gasteiger partial charge on any atom is -0.391 e. The number of fused-ring (bicyclic) bond motifs is 1. The number of hydrogen-bond donors (Lipinski definition) is 2. The second-order valence-corrected chi connectivity index (χ2v) is 9.35. The first-order chi connectivity index (χ1) is 15.1. The van der Waals surface area contributed by atoms with E-state index in [4.69, 9.17) is 0 Å². The van der Waals surface area contributed by atoms with Crippen LogP contribution in [0.15, 0.2) is 30.5 Å². The quantitative estimate of drug-likeness (QED) is 0.629. The Bertz CT molecular complexity index is 1160. The third kappa shape index (κ3) is 3.75. The third-order valence-electron chi connectivity index (χ3n) is 5.96. The number of amides is 2. The molecule has 3 atom stereocenters. The Morgan fingerprint density at radius 2 is 1.97 bits per heavy atom. The Hall–Kier alpha value is -3.27. The van der Waals surface area contributed by atoms with Crippen LogP contribution in [0.3, 0.4) is 0 Å². The van der Waals surface area contributed by atoms with E-state index in [1.165, 1.54) is 11.9 Å². The predicted molar refractivity (Wildman–Crippen MR) is 118 cm³/mol. The van der Waals surface area contributed by atoms with Crippen LogP contribution in [0.4, 0.5) is 0 Å². The molecular formula is C22H29N7O3. The lowest BCUT2D eigenvalue weighted by Gasteiger charge is -2.34. The minimum absolute atomic E-state index is 0.107. The molecule has 0 bridgehead atoms. The molecule has 0 unspecified atom stereocenters. The number of benzene rings is 1. The van der Waals surface area contributed by atoms with Crippen LogP contribution in [-0.4, -0.2) is 72.1 Å². The van der Waals surface area contributed by atoms with Crippen LogP contribution in [0.25, 0.3) is 22.6 Å². The number of rotatable bonds is 4. The third-order valence-corrected chi connectivity index (χ3v) is 5.96. The van der Waals surface area contributed by atoms with E-state index in [2.05, 4.69) is 20.6 Å². The molecule has 3 heterocycles. The molecule has 0 saturated carbocycles. The fraction of sp³-hybridized carbons (Fsp3) is 0.500. The summed E-state index contributed by atoms with van der Waals surface area (Å²) in [5.74, 6) is 0.0861. The monoisotopic (exact) mass is 439 g/mol. The van der Waals surface area contributed by atoms with Crippen LogP contribution in [0.1, 0.15) is 33.2 Å². The van der Waals surface area contributed by atoms with Crippen molar-refractivity contribution in [1.29, 1.82) is 0 Å². The molecule has 1 saturated heterocycles. The molecule has 10 nitrogen and oxygen atoms in total. The standard InChI is InChI=1S/C22H29N7O3/c1-22(2,3)18(21(32)28-11-13(30)10-17(28)20(31)23-4)29-12-15(25-26-29)19-24-14-8-6-7-9-16(14)27(19)5/h6-9,12-13,17-18,30H,10-11H2,1-5H3,(H,23,31)/t13-,17+,18-/m1/s1. The first-order valence-corrected chi connectivity index (χ1v) is 10.7. The van der Waals surface area contributed by atoms with E-state index in [0.717, 1.165) is 11.0 Å². The normalized spacial score (nSPS) is 20.0. The van der Waals surface area contributed by atoms with Crippen molar-refractivity contribution in [3.05, 3.63) is 30.5 Å². The molecular weight excluding hydrogens is 410 g/mol. The van der Waals surface area contributed by atoms with E-state index in [-0.39, 0.29) is 24.8 Å². The molecule has 1 aromatic carbocycles. The van der Waals surface area contributed by atoms with Gasteiger partial charge in [0, 0.05) is 27.1 Å². The second-order valence-electron chi connectivity index (χ2n) is 9.35. The summed E-state index contributed by atoms with van der Waals surface area (Å²) in [5, 5.41) is 21.3. The Morgan fingerprint density at radius 1 is 1.25 bits per heavy atom. The number of likely N-dealkylation sites (N-methyl/N-ethyl adjacent to an activating group) is 1. The van der Waals surface area contributed by atoms with Gasteiger partial charge in [0.1, 0.15) is 17.8 Å². The summed E-state index contributed by atoms with van der Waals surface area (Å²) < 4.78 is 3.48. The van der Waals surface area contributed by atoms with Gasteiger partial charge in [-0.05, 0) is 17.5 Å². The molecule has 1 aliphatic heterocycles. The molecule has 3 aromatic rings. The van der Waals surface area contributed by atoms with Gasteiger partial charge >= 0.3 is 0 Å². The van der Waals surface area contributed by atoms with Gasteiger partial charge in [-0.2, -0.15) is 0 Å². The number of carbonyl (C=O) groups excluding carboxylic acids is 2. The summed E-state index contributed by atoms with van der Waals surface area (Å²) in [6.07, 6.45) is 1.19. The van der Waals surface area contributed by atoms with Gasteiger partial charge < -0.3 is 19.9 Å². The predicted octanol–water partition coefficient (Wildman–Crippen LogP) is 1.13. The molecule has 2 aromatic heterocycles. The van der Waals surface area contributed by atoms with E-state index in [1.54, 1.807) is 10.9 Å². The Morgan fingerprint density at radius 3 is 2.62 bits per heavy atom. The lowest BCUT2D eigenvalue weighted by Crippen LogP contribution is -2.49. The average molecular weight is 440 g/mol. The SMILES string of the molecule is CNC(=O)[C@@H]1C[C@@H](O)CN1C(=O)[C@@H](n1cc(-c2nc3ccccc3n2C)nn1)C(C)(C)C. The fourth-order valence-corrected chi connectivity index (χ4v) is 4.39. The van der Waals surface area contributed by atoms with Crippen molar-refractivity contribution in [3.63, 3.8) is 0 Å². The molecule has 1 aliphatic rings. The van der Waals surface area contributed by atoms with E-state index >= 15 is 0 Å². The van der Waals surface area contributed by atoms with Crippen LogP contribution in [0.2, 0.25) is 0 Å². The van der Waals surface area contributed by atoms with Gasteiger partial charge in [-0.1, -0.05) is 38.1 Å². The van der Waals surface area contributed by atoms with Crippen molar-refractivity contribution in [2.45, 2.75) is 45.4 Å². The minimum atomic E-state index is -0.742. The number of β-amino-alcohol motifs (C(OH)–C–C–N with tert-alkyl or cyclic N) is 1. The number of imidazole rings is 1. The number of aromatic nitrogens is 5. The molecule has 1 fully saturated rings. The molecule has 0 aliphatic carbocycles. The number of likely N-dealkylation sites (tertiary alicyclic amines) is 1. The van der Waals surface area contributed by atoms with Gasteiger partial charge in [0.25, 0.3) is 0 Å². The van der Waals surface area contributed by atoms with E-state index < -0.39 is 23.6 Å². The zero-order chi connectivity index (χ0) is 23.2. The number of nitrogens with one attached hydrogen (secondary N) is 1. The Balaban J connectivity index is 1.71. The number of para-hydroxylation sites is 2. The maximum Gasteiger partial charge on any atom is 0.248 e. The summed E-state index contributed by atoms with van der Waals surface area (Å²) in [7, 11) is 3.44. The molecule has 10 heteroatoms. The Labute approximate surface area is 186 Å². The van der Waals surface area contributed by atoms with E-state index in [9.17, 15) is 14.7 Å². The van der Waals surface area contributed by atoms with Crippen LogP contribution in [0.5, 0.6) is 0 Å². The Kier molecular flexibility index (Phi) is 5.49. The van der Waals surface area contributed by atoms with Gasteiger partial charge in [-0.15, -0.1) is 5.10 Å². The largest absolute Gasteiger partial charge is 0.391 e. The maximum absolute atomic E-state index is 13.6. The highest BCUT2D eigenvalue weighted by atomic mass is 16.3. The van der Waals surface area contributed by atoms with Gasteiger partial charge in [0.2, 0.25) is 11.8 Å². The number of hydrogen-bond acceptors (Lipinski definition) is 6. The number of nitrogens with zero attached hydrogens (tertiary/aromatic N) is 6. The van der Waals surface area contributed by atoms with Gasteiger partial charge in [-0.25, -0.2) is 9.67 Å². The highest BCUT2D eigenvalue weighted by molar-refractivity contribution is 5.90. The summed E-state index contributed by atoms with van der Waals surface area (Å²) in [6.45, 7) is 5.92. The second kappa shape index (κ2) is 8.01. The highest BCUT2D eigenvalue weighted by Gasteiger charge is 2.45. The van der Waals surface area contributed by atoms with Crippen LogP contribution >= 0.6 is 0 Å². The molecule has 170 valence electrons. The number of carbonyl (C=O) groups is 2. The molecule has 0 spiro atoms. The fourth-order valence-electron chi connectivity index (χ4n) is 4.39. The first kappa shape index (κ1) is 21.9. The number of aryl methyl sites for hydroxylation is 1. The number of aliphatic hydroxyl groups excluding tert-OH is 1.